The molecular weight excluding hydrogens is 251 g/mol. The lowest BCUT2D eigenvalue weighted by Crippen LogP contribution is -2.25. The first kappa shape index (κ1) is 11.4. The zero-order valence-electron chi connectivity index (χ0n) is 8.17. The number of hydrogen-bond acceptors (Lipinski definition) is 2. The summed E-state index contributed by atoms with van der Waals surface area (Å²) in [6, 6.07) is 4.41. The normalized spacial score (nSPS) is 16.9. The third-order valence-electron chi connectivity index (χ3n) is 2.78. The van der Waals surface area contributed by atoms with Crippen molar-refractivity contribution in [3.63, 3.8) is 0 Å². The van der Waals surface area contributed by atoms with Crippen molar-refractivity contribution in [1.82, 2.24) is 0 Å². The average Bonchev–Trinajstić information content (AvgIpc) is 3.02. The van der Waals surface area contributed by atoms with Gasteiger partial charge in [0.2, 0.25) is 0 Å². The van der Waals surface area contributed by atoms with Gasteiger partial charge in [-0.3, -0.25) is 9.59 Å². The number of carbonyl (C=O) groups is 2. The molecule has 1 fully saturated rings. The molecule has 16 heavy (non-hydrogen) atoms. The van der Waals surface area contributed by atoms with Crippen LogP contribution in [0.1, 0.15) is 23.2 Å². The fourth-order valence-corrected chi connectivity index (χ4v) is 1.87. The second kappa shape index (κ2) is 3.75. The van der Waals surface area contributed by atoms with E-state index in [1.54, 1.807) is 0 Å². The van der Waals surface area contributed by atoms with Gasteiger partial charge in [-0.15, -0.1) is 0 Å². The van der Waals surface area contributed by atoms with Crippen LogP contribution in [0, 0.1) is 5.41 Å². The Morgan fingerprint density at radius 2 is 1.81 bits per heavy atom. The van der Waals surface area contributed by atoms with Crippen molar-refractivity contribution in [1.29, 1.82) is 0 Å². The minimum absolute atomic E-state index is 0.258. The molecule has 0 aromatic heterocycles. The van der Waals surface area contributed by atoms with Crippen molar-refractivity contribution in [2.45, 2.75) is 12.8 Å². The minimum Gasteiger partial charge on any atom is -0.480 e. The van der Waals surface area contributed by atoms with E-state index < -0.39 is 17.2 Å². The summed E-state index contributed by atoms with van der Waals surface area (Å²) in [6.07, 6.45) is 0.781. The van der Waals surface area contributed by atoms with Crippen molar-refractivity contribution < 1.29 is 14.7 Å². The monoisotopic (exact) mass is 258 g/mol. The van der Waals surface area contributed by atoms with Crippen molar-refractivity contribution >= 4 is 35.0 Å². The zero-order valence-corrected chi connectivity index (χ0v) is 9.68. The molecule has 5 heteroatoms. The lowest BCUT2D eigenvalue weighted by atomic mass is 9.95. The third kappa shape index (κ3) is 1.70. The van der Waals surface area contributed by atoms with Crippen LogP contribution in [0.3, 0.4) is 0 Å². The Morgan fingerprint density at radius 3 is 2.25 bits per heavy atom. The Bertz CT molecular complexity index is 478. The van der Waals surface area contributed by atoms with Crippen LogP contribution in [0.25, 0.3) is 0 Å². The molecule has 1 aliphatic rings. The van der Waals surface area contributed by atoms with E-state index in [-0.39, 0.29) is 5.02 Å². The standard InChI is InChI=1S/C11H8Cl2O3/c12-7-2-1-6(5-8(7)13)9(14)11(3-4-11)10(15)16/h1-2,5H,3-4H2,(H,15,16). The summed E-state index contributed by atoms with van der Waals surface area (Å²) in [5.74, 6) is -1.46. The van der Waals surface area contributed by atoms with Crippen molar-refractivity contribution in [3.8, 4) is 0 Å². The Labute approximate surface area is 102 Å². The molecule has 1 saturated carbocycles. The summed E-state index contributed by atoms with van der Waals surface area (Å²) in [7, 11) is 0. The van der Waals surface area contributed by atoms with Gasteiger partial charge in [0, 0.05) is 5.56 Å². The van der Waals surface area contributed by atoms with Gasteiger partial charge in [0.25, 0.3) is 0 Å². The van der Waals surface area contributed by atoms with E-state index in [1.165, 1.54) is 18.2 Å². The molecule has 2 rings (SSSR count). The number of Topliss-reactive ketones (excluding diaryl/α,β-unsaturated/α-hetero) is 1. The van der Waals surface area contributed by atoms with Crippen LogP contribution in [0.4, 0.5) is 0 Å². The van der Waals surface area contributed by atoms with Gasteiger partial charge in [-0.2, -0.15) is 0 Å². The maximum absolute atomic E-state index is 12.0. The highest BCUT2D eigenvalue weighted by Gasteiger charge is 2.56. The SMILES string of the molecule is O=C(O)C1(C(=O)c2ccc(Cl)c(Cl)c2)CC1. The first-order valence-corrected chi connectivity index (χ1v) is 5.46. The number of ketones is 1. The highest BCUT2D eigenvalue weighted by atomic mass is 35.5. The first-order chi connectivity index (χ1) is 7.47. The maximum atomic E-state index is 12.0. The van der Waals surface area contributed by atoms with E-state index >= 15 is 0 Å². The van der Waals surface area contributed by atoms with Crippen molar-refractivity contribution in [2.24, 2.45) is 5.41 Å². The van der Waals surface area contributed by atoms with Gasteiger partial charge in [-0.25, -0.2) is 0 Å². The summed E-state index contributed by atoms with van der Waals surface area (Å²) < 4.78 is 0. The average molecular weight is 259 g/mol. The molecule has 0 aliphatic heterocycles. The zero-order chi connectivity index (χ0) is 11.9. The number of benzene rings is 1. The Kier molecular flexibility index (Phi) is 2.68. The van der Waals surface area contributed by atoms with E-state index in [9.17, 15) is 9.59 Å². The van der Waals surface area contributed by atoms with Gasteiger partial charge in [-0.05, 0) is 31.0 Å². The maximum Gasteiger partial charge on any atom is 0.317 e. The highest BCUT2D eigenvalue weighted by molar-refractivity contribution is 6.42. The van der Waals surface area contributed by atoms with E-state index in [2.05, 4.69) is 0 Å². The largest absolute Gasteiger partial charge is 0.480 e. The van der Waals surface area contributed by atoms with Crippen molar-refractivity contribution in [3.05, 3.63) is 33.8 Å². The van der Waals surface area contributed by atoms with Gasteiger partial charge >= 0.3 is 5.97 Å². The fourth-order valence-electron chi connectivity index (χ4n) is 1.58. The number of carboxylic acids is 1. The quantitative estimate of drug-likeness (QED) is 0.670. The van der Waals surface area contributed by atoms with Crippen LogP contribution < -0.4 is 0 Å². The molecule has 0 heterocycles. The molecule has 0 bridgehead atoms. The fraction of sp³-hybridized carbons (Fsp3) is 0.273. The Balaban J connectivity index is 2.35. The molecular formula is C11H8Cl2O3. The van der Waals surface area contributed by atoms with E-state index in [0.717, 1.165) is 0 Å². The summed E-state index contributed by atoms with van der Waals surface area (Å²) >= 11 is 11.5. The van der Waals surface area contributed by atoms with Gasteiger partial charge in [-0.1, -0.05) is 23.2 Å². The molecule has 0 unspecified atom stereocenters. The molecule has 0 spiro atoms. The summed E-state index contributed by atoms with van der Waals surface area (Å²) in [5.41, 5.74) is -0.925. The van der Waals surface area contributed by atoms with Gasteiger partial charge in [0.05, 0.1) is 10.0 Å². The van der Waals surface area contributed by atoms with Crippen LogP contribution in [0.5, 0.6) is 0 Å². The first-order valence-electron chi connectivity index (χ1n) is 4.70. The Hall–Kier alpha value is -1.06. The molecule has 0 saturated heterocycles. The number of carbonyl (C=O) groups excluding carboxylic acids is 1. The molecule has 1 N–H and O–H groups in total. The number of carboxylic acid groups (broad SMARTS) is 1. The van der Waals surface area contributed by atoms with Crippen LogP contribution in [-0.2, 0) is 4.79 Å². The smallest absolute Gasteiger partial charge is 0.317 e. The second-order valence-electron chi connectivity index (χ2n) is 3.85. The van der Waals surface area contributed by atoms with Gasteiger partial charge < -0.3 is 5.11 Å². The summed E-state index contributed by atoms with van der Waals surface area (Å²) in [6.45, 7) is 0. The predicted octanol–water partition coefficient (Wildman–Crippen LogP) is 3.04. The number of hydrogen-bond donors (Lipinski definition) is 1. The molecule has 0 amide bonds. The molecule has 1 aromatic carbocycles. The summed E-state index contributed by atoms with van der Waals surface area (Å²) in [4.78, 5) is 22.9. The lowest BCUT2D eigenvalue weighted by molar-refractivity contribution is -0.141. The van der Waals surface area contributed by atoms with Crippen molar-refractivity contribution in [2.75, 3.05) is 0 Å². The van der Waals surface area contributed by atoms with E-state index in [0.29, 0.717) is 23.4 Å². The lowest BCUT2D eigenvalue weighted by Gasteiger charge is -2.08. The molecule has 0 atom stereocenters. The number of rotatable bonds is 3. The number of aliphatic carboxylic acids is 1. The predicted molar refractivity (Wildman–Crippen MR) is 60.1 cm³/mol. The molecule has 84 valence electrons. The van der Waals surface area contributed by atoms with Crippen LogP contribution >= 0.6 is 23.2 Å². The van der Waals surface area contributed by atoms with Gasteiger partial charge in [0.1, 0.15) is 5.41 Å². The van der Waals surface area contributed by atoms with Gasteiger partial charge in [0.15, 0.2) is 5.78 Å². The van der Waals surface area contributed by atoms with E-state index in [1.807, 2.05) is 0 Å². The molecule has 3 nitrogen and oxygen atoms in total. The van der Waals surface area contributed by atoms with Crippen LogP contribution in [0.2, 0.25) is 10.0 Å². The van der Waals surface area contributed by atoms with Crippen LogP contribution in [-0.4, -0.2) is 16.9 Å². The third-order valence-corrected chi connectivity index (χ3v) is 3.51. The number of halogens is 2. The molecule has 1 aromatic rings. The Morgan fingerprint density at radius 1 is 1.19 bits per heavy atom. The van der Waals surface area contributed by atoms with E-state index in [4.69, 9.17) is 28.3 Å². The second-order valence-corrected chi connectivity index (χ2v) is 4.66. The molecule has 0 radical (unpaired) electrons. The topological polar surface area (TPSA) is 54.4 Å². The minimum atomic E-state index is -1.23. The molecule has 1 aliphatic carbocycles. The van der Waals surface area contributed by atoms with Crippen LogP contribution in [0.15, 0.2) is 18.2 Å². The summed E-state index contributed by atoms with van der Waals surface area (Å²) in [5, 5.41) is 9.58. The highest BCUT2D eigenvalue weighted by Crippen LogP contribution is 2.48.